The van der Waals surface area contributed by atoms with E-state index in [0.717, 1.165) is 6.07 Å². The summed E-state index contributed by atoms with van der Waals surface area (Å²) in [5.74, 6) is -0.848. The summed E-state index contributed by atoms with van der Waals surface area (Å²) in [6.07, 6.45) is 0.515. The van der Waals surface area contributed by atoms with Gasteiger partial charge >= 0.3 is 5.69 Å². The fraction of sp³-hybridized carbons (Fsp3) is 0.455. The summed E-state index contributed by atoms with van der Waals surface area (Å²) in [6, 6.07) is 4.00. The first-order chi connectivity index (χ1) is 7.91. The largest absolute Gasteiger partial charge is 0.388 e. The van der Waals surface area contributed by atoms with Gasteiger partial charge in [-0.05, 0) is 25.5 Å². The maximum atomic E-state index is 13.4. The molecule has 0 saturated carbocycles. The number of halogens is 1. The smallest absolute Gasteiger partial charge is 0.327 e. The summed E-state index contributed by atoms with van der Waals surface area (Å²) in [7, 11) is 0. The highest BCUT2D eigenvalue weighted by molar-refractivity contribution is 5.64. The average Bonchev–Trinajstić information content (AvgIpc) is 2.57. The summed E-state index contributed by atoms with van der Waals surface area (Å²) in [4.78, 5) is 11.8. The molecule has 1 unspecified atom stereocenters. The predicted octanol–water partition coefficient (Wildman–Crippen LogP) is 1.69. The number of aliphatic hydroxyl groups is 1. The van der Waals surface area contributed by atoms with E-state index in [-0.39, 0.29) is 12.2 Å². The normalized spacial score (nSPS) is 24.1. The average molecular weight is 240 g/mol. The predicted molar refractivity (Wildman–Crippen MR) is 60.5 cm³/mol. The summed E-state index contributed by atoms with van der Waals surface area (Å²) < 4.78 is 13.4. The fourth-order valence-corrected chi connectivity index (χ4v) is 2.09. The Bertz CT molecular complexity index is 462. The Balaban J connectivity index is 2.40. The number of nitro benzene ring substituents is 1. The van der Waals surface area contributed by atoms with Crippen LogP contribution >= 0.6 is 0 Å². The van der Waals surface area contributed by atoms with E-state index < -0.39 is 22.0 Å². The van der Waals surface area contributed by atoms with Crippen LogP contribution in [0, 0.1) is 15.9 Å². The van der Waals surface area contributed by atoms with E-state index in [1.54, 1.807) is 11.8 Å². The number of rotatable bonds is 2. The molecule has 0 spiro atoms. The number of benzene rings is 1. The SMILES string of the molecule is CC1(O)CCN(c2cccc(F)c2[N+](=O)[O-])C1. The van der Waals surface area contributed by atoms with E-state index in [2.05, 4.69) is 0 Å². The van der Waals surface area contributed by atoms with Crippen molar-refractivity contribution in [1.82, 2.24) is 0 Å². The molecule has 0 radical (unpaired) electrons. The molecule has 17 heavy (non-hydrogen) atoms. The maximum Gasteiger partial charge on any atom is 0.327 e. The molecule has 1 atom stereocenters. The van der Waals surface area contributed by atoms with Gasteiger partial charge in [-0.2, -0.15) is 4.39 Å². The van der Waals surface area contributed by atoms with Crippen LogP contribution in [0.1, 0.15) is 13.3 Å². The van der Waals surface area contributed by atoms with Crippen molar-refractivity contribution in [3.8, 4) is 0 Å². The number of para-hydroxylation sites is 1. The van der Waals surface area contributed by atoms with Gasteiger partial charge in [-0.15, -0.1) is 0 Å². The van der Waals surface area contributed by atoms with Crippen LogP contribution in [0.2, 0.25) is 0 Å². The lowest BCUT2D eigenvalue weighted by Gasteiger charge is -2.20. The van der Waals surface area contributed by atoms with Gasteiger partial charge < -0.3 is 10.0 Å². The molecule has 1 aromatic carbocycles. The molecule has 0 aliphatic carbocycles. The Labute approximate surface area is 97.6 Å². The van der Waals surface area contributed by atoms with Gasteiger partial charge in [0.25, 0.3) is 0 Å². The van der Waals surface area contributed by atoms with Crippen molar-refractivity contribution in [3.63, 3.8) is 0 Å². The molecule has 1 fully saturated rings. The highest BCUT2D eigenvalue weighted by atomic mass is 19.1. The second kappa shape index (κ2) is 3.96. The molecule has 0 aromatic heterocycles. The molecule has 0 amide bonds. The second-order valence-electron chi connectivity index (χ2n) is 4.53. The first-order valence-electron chi connectivity index (χ1n) is 5.31. The van der Waals surface area contributed by atoms with E-state index in [9.17, 15) is 19.6 Å². The van der Waals surface area contributed by atoms with Crippen molar-refractivity contribution in [2.45, 2.75) is 18.9 Å². The third-order valence-electron chi connectivity index (χ3n) is 2.94. The number of nitrogens with zero attached hydrogens (tertiary/aromatic N) is 2. The maximum absolute atomic E-state index is 13.4. The zero-order valence-electron chi connectivity index (χ0n) is 9.39. The first kappa shape index (κ1) is 11.8. The fourth-order valence-electron chi connectivity index (χ4n) is 2.09. The topological polar surface area (TPSA) is 66.6 Å². The Kier molecular flexibility index (Phi) is 2.74. The monoisotopic (exact) mass is 240 g/mol. The Morgan fingerprint density at radius 3 is 2.82 bits per heavy atom. The lowest BCUT2D eigenvalue weighted by Crippen LogP contribution is -2.30. The van der Waals surface area contributed by atoms with Gasteiger partial charge in [-0.1, -0.05) is 6.07 Å². The van der Waals surface area contributed by atoms with E-state index in [0.29, 0.717) is 13.0 Å². The summed E-state index contributed by atoms with van der Waals surface area (Å²) in [5, 5.41) is 20.7. The van der Waals surface area contributed by atoms with E-state index >= 15 is 0 Å². The molecular formula is C11H13FN2O3. The summed E-state index contributed by atoms with van der Waals surface area (Å²) >= 11 is 0. The molecule has 5 nitrogen and oxygen atoms in total. The third kappa shape index (κ3) is 2.21. The van der Waals surface area contributed by atoms with Crippen LogP contribution in [0.5, 0.6) is 0 Å². The molecule has 1 aromatic rings. The molecule has 6 heteroatoms. The Hall–Kier alpha value is -1.69. The highest BCUT2D eigenvalue weighted by Gasteiger charge is 2.35. The molecule has 1 N–H and O–H groups in total. The zero-order valence-corrected chi connectivity index (χ0v) is 9.39. The number of nitro groups is 1. The minimum Gasteiger partial charge on any atom is -0.388 e. The molecular weight excluding hydrogens is 227 g/mol. The van der Waals surface area contributed by atoms with Crippen molar-refractivity contribution in [2.75, 3.05) is 18.0 Å². The van der Waals surface area contributed by atoms with Crippen LogP contribution in [-0.2, 0) is 0 Å². The quantitative estimate of drug-likeness (QED) is 0.631. The number of hydrogen-bond acceptors (Lipinski definition) is 4. The molecule has 1 saturated heterocycles. The molecule has 0 bridgehead atoms. The molecule has 1 aliphatic rings. The molecule has 1 aliphatic heterocycles. The van der Waals surface area contributed by atoms with Crippen molar-refractivity contribution in [2.24, 2.45) is 0 Å². The highest BCUT2D eigenvalue weighted by Crippen LogP contribution is 2.34. The van der Waals surface area contributed by atoms with Gasteiger partial charge in [0.15, 0.2) is 0 Å². The number of anilines is 1. The molecule has 92 valence electrons. The summed E-state index contributed by atoms with van der Waals surface area (Å²) in [5.41, 5.74) is -1.17. The first-order valence-corrected chi connectivity index (χ1v) is 5.31. The van der Waals surface area contributed by atoms with Crippen molar-refractivity contribution >= 4 is 11.4 Å². The Morgan fingerprint density at radius 1 is 1.59 bits per heavy atom. The van der Waals surface area contributed by atoms with Crippen LogP contribution in [-0.4, -0.2) is 28.7 Å². The van der Waals surface area contributed by atoms with Crippen LogP contribution in [0.15, 0.2) is 18.2 Å². The zero-order chi connectivity index (χ0) is 12.6. The van der Waals surface area contributed by atoms with Gasteiger partial charge in [0.2, 0.25) is 5.82 Å². The van der Waals surface area contributed by atoms with Crippen molar-refractivity contribution < 1.29 is 14.4 Å². The van der Waals surface area contributed by atoms with Crippen LogP contribution < -0.4 is 4.90 Å². The van der Waals surface area contributed by atoms with E-state index in [1.807, 2.05) is 0 Å². The van der Waals surface area contributed by atoms with Crippen LogP contribution in [0.4, 0.5) is 15.8 Å². The summed E-state index contributed by atoms with van der Waals surface area (Å²) in [6.45, 7) is 2.42. The molecule has 2 rings (SSSR count). The van der Waals surface area contributed by atoms with Crippen molar-refractivity contribution in [3.05, 3.63) is 34.1 Å². The molecule has 1 heterocycles. The van der Waals surface area contributed by atoms with Gasteiger partial charge in [-0.25, -0.2) is 0 Å². The van der Waals surface area contributed by atoms with E-state index in [4.69, 9.17) is 0 Å². The van der Waals surface area contributed by atoms with Gasteiger partial charge in [0.05, 0.1) is 10.5 Å². The second-order valence-corrected chi connectivity index (χ2v) is 4.53. The number of β-amino-alcohol motifs (C(OH)–C–C–N with tert-alkyl or cyclic N) is 1. The van der Waals surface area contributed by atoms with Gasteiger partial charge in [0, 0.05) is 13.1 Å². The lowest BCUT2D eigenvalue weighted by molar-refractivity contribution is -0.386. The minimum absolute atomic E-state index is 0.229. The van der Waals surface area contributed by atoms with Gasteiger partial charge in [-0.3, -0.25) is 10.1 Å². The standard InChI is InChI=1S/C11H13FN2O3/c1-11(15)5-6-13(7-11)9-4-2-3-8(12)10(9)14(16)17/h2-4,15H,5-7H2,1H3. The number of hydrogen-bond donors (Lipinski definition) is 1. The Morgan fingerprint density at radius 2 is 2.29 bits per heavy atom. The van der Waals surface area contributed by atoms with Crippen molar-refractivity contribution in [1.29, 1.82) is 0 Å². The van der Waals surface area contributed by atoms with E-state index in [1.165, 1.54) is 12.1 Å². The van der Waals surface area contributed by atoms with Gasteiger partial charge in [0.1, 0.15) is 5.69 Å². The minimum atomic E-state index is -0.875. The van der Waals surface area contributed by atoms with Crippen LogP contribution in [0.25, 0.3) is 0 Å². The van der Waals surface area contributed by atoms with Crippen LogP contribution in [0.3, 0.4) is 0 Å². The third-order valence-corrected chi connectivity index (χ3v) is 2.94. The lowest BCUT2D eigenvalue weighted by atomic mass is 10.1.